The number of benzene rings is 1. The minimum absolute atomic E-state index is 0.633. The summed E-state index contributed by atoms with van der Waals surface area (Å²) < 4.78 is 15.4. The predicted octanol–water partition coefficient (Wildman–Crippen LogP) is 1.66. The van der Waals surface area contributed by atoms with Crippen LogP contribution in [0.3, 0.4) is 0 Å². The number of methoxy groups -OCH3 is 3. The van der Waals surface area contributed by atoms with Gasteiger partial charge in [-0.05, 0) is 29.9 Å². The lowest BCUT2D eigenvalue weighted by Crippen LogP contribution is -2.42. The molecule has 0 amide bonds. The zero-order chi connectivity index (χ0) is 15.5. The molecule has 0 aliphatic rings. The van der Waals surface area contributed by atoms with Crippen LogP contribution in [0.1, 0.15) is 5.56 Å². The van der Waals surface area contributed by atoms with Crippen LogP contribution in [0.5, 0.6) is 5.75 Å². The average Bonchev–Trinajstić information content (AvgIpc) is 2.53. The third-order valence-corrected chi connectivity index (χ3v) is 3.42. The highest BCUT2D eigenvalue weighted by Gasteiger charge is 2.08. The molecule has 1 aromatic carbocycles. The first-order valence-electron chi connectivity index (χ1n) is 6.84. The van der Waals surface area contributed by atoms with Crippen molar-refractivity contribution >= 4 is 17.3 Å². The molecule has 1 aromatic rings. The maximum Gasteiger partial charge on any atom is 0.169 e. The second kappa shape index (κ2) is 10.4. The van der Waals surface area contributed by atoms with Crippen LogP contribution >= 0.6 is 12.2 Å². The Morgan fingerprint density at radius 2 is 1.62 bits per heavy atom. The molecular formula is C15H24N2O3S. The van der Waals surface area contributed by atoms with Gasteiger partial charge < -0.3 is 24.4 Å². The predicted molar refractivity (Wildman–Crippen MR) is 87.8 cm³/mol. The molecule has 0 bridgehead atoms. The van der Waals surface area contributed by atoms with Crippen molar-refractivity contribution in [3.63, 3.8) is 0 Å². The summed E-state index contributed by atoms with van der Waals surface area (Å²) in [6, 6.07) is 7.91. The Balaban J connectivity index is 2.46. The van der Waals surface area contributed by atoms with Crippen LogP contribution in [0.4, 0.5) is 0 Å². The van der Waals surface area contributed by atoms with Crippen molar-refractivity contribution in [1.82, 2.24) is 10.2 Å². The van der Waals surface area contributed by atoms with Crippen molar-refractivity contribution in [2.24, 2.45) is 0 Å². The molecule has 0 aromatic heterocycles. The topological polar surface area (TPSA) is 43.0 Å². The van der Waals surface area contributed by atoms with E-state index in [4.69, 9.17) is 26.4 Å². The number of nitrogens with zero attached hydrogens (tertiary/aromatic N) is 1. The highest BCUT2D eigenvalue weighted by Crippen LogP contribution is 2.11. The van der Waals surface area contributed by atoms with E-state index in [9.17, 15) is 0 Å². The molecule has 21 heavy (non-hydrogen) atoms. The number of nitrogens with one attached hydrogen (secondary N) is 1. The molecule has 0 aliphatic heterocycles. The second-order valence-corrected chi connectivity index (χ2v) is 4.87. The summed E-state index contributed by atoms with van der Waals surface area (Å²) in [5.41, 5.74) is 1.15. The van der Waals surface area contributed by atoms with Gasteiger partial charge in [0, 0.05) is 33.9 Å². The fourth-order valence-electron chi connectivity index (χ4n) is 1.75. The van der Waals surface area contributed by atoms with Crippen molar-refractivity contribution in [1.29, 1.82) is 0 Å². The van der Waals surface area contributed by atoms with Gasteiger partial charge >= 0.3 is 0 Å². The van der Waals surface area contributed by atoms with Gasteiger partial charge in [0.2, 0.25) is 0 Å². The minimum Gasteiger partial charge on any atom is -0.497 e. The summed E-state index contributed by atoms with van der Waals surface area (Å²) in [7, 11) is 5.02. The SMILES string of the molecule is COCCN(CCOC)C(=S)NCc1ccc(OC)cc1. The van der Waals surface area contributed by atoms with Crippen LogP contribution in [-0.4, -0.2) is 57.6 Å². The van der Waals surface area contributed by atoms with Crippen molar-refractivity contribution in [3.8, 4) is 5.75 Å². The Kier molecular flexibility index (Phi) is 8.73. The Morgan fingerprint density at radius 1 is 1.05 bits per heavy atom. The van der Waals surface area contributed by atoms with E-state index in [1.807, 2.05) is 29.2 Å². The monoisotopic (exact) mass is 312 g/mol. The third-order valence-electron chi connectivity index (χ3n) is 3.02. The Hall–Kier alpha value is -1.37. The maximum absolute atomic E-state index is 5.43. The fraction of sp³-hybridized carbons (Fsp3) is 0.533. The van der Waals surface area contributed by atoms with Gasteiger partial charge in [-0.15, -0.1) is 0 Å². The summed E-state index contributed by atoms with van der Waals surface area (Å²) in [6.07, 6.45) is 0. The first-order valence-corrected chi connectivity index (χ1v) is 7.25. The van der Waals surface area contributed by atoms with Gasteiger partial charge in [-0.1, -0.05) is 12.1 Å². The lowest BCUT2D eigenvalue weighted by Gasteiger charge is -2.25. The molecule has 6 heteroatoms. The normalized spacial score (nSPS) is 10.2. The number of hydrogen-bond donors (Lipinski definition) is 1. The molecule has 1 rings (SSSR count). The highest BCUT2D eigenvalue weighted by atomic mass is 32.1. The molecule has 0 saturated carbocycles. The van der Waals surface area contributed by atoms with E-state index in [1.165, 1.54) is 0 Å². The maximum atomic E-state index is 5.43. The average molecular weight is 312 g/mol. The van der Waals surface area contributed by atoms with E-state index >= 15 is 0 Å². The van der Waals surface area contributed by atoms with Crippen LogP contribution in [0.25, 0.3) is 0 Å². The molecule has 1 N–H and O–H groups in total. The smallest absolute Gasteiger partial charge is 0.169 e. The summed E-state index contributed by atoms with van der Waals surface area (Å²) >= 11 is 5.43. The number of hydrogen-bond acceptors (Lipinski definition) is 4. The molecule has 0 radical (unpaired) electrons. The fourth-order valence-corrected chi connectivity index (χ4v) is 2.01. The van der Waals surface area contributed by atoms with Crippen molar-refractivity contribution < 1.29 is 14.2 Å². The van der Waals surface area contributed by atoms with Gasteiger partial charge in [0.15, 0.2) is 5.11 Å². The van der Waals surface area contributed by atoms with Gasteiger partial charge in [-0.2, -0.15) is 0 Å². The second-order valence-electron chi connectivity index (χ2n) is 4.48. The van der Waals surface area contributed by atoms with Crippen molar-refractivity contribution in [2.45, 2.75) is 6.54 Å². The van der Waals surface area contributed by atoms with Gasteiger partial charge in [0.05, 0.1) is 20.3 Å². The van der Waals surface area contributed by atoms with Crippen molar-refractivity contribution in [2.75, 3.05) is 47.6 Å². The molecule has 0 fully saturated rings. The number of thiocarbonyl (C=S) groups is 1. The van der Waals surface area contributed by atoms with E-state index in [0.29, 0.717) is 24.9 Å². The Morgan fingerprint density at radius 3 is 2.10 bits per heavy atom. The Bertz CT molecular complexity index is 404. The van der Waals surface area contributed by atoms with Crippen molar-refractivity contribution in [3.05, 3.63) is 29.8 Å². The van der Waals surface area contributed by atoms with Gasteiger partial charge in [-0.3, -0.25) is 0 Å². The molecule has 0 unspecified atom stereocenters. The highest BCUT2D eigenvalue weighted by molar-refractivity contribution is 7.80. The van der Waals surface area contributed by atoms with Gasteiger partial charge in [0.25, 0.3) is 0 Å². The first-order chi connectivity index (χ1) is 10.2. The molecule has 0 saturated heterocycles. The molecule has 118 valence electrons. The lowest BCUT2D eigenvalue weighted by atomic mass is 10.2. The zero-order valence-corrected chi connectivity index (χ0v) is 13.7. The number of ether oxygens (including phenoxy) is 3. The number of rotatable bonds is 9. The first kappa shape index (κ1) is 17.7. The standard InChI is InChI=1S/C15H24N2O3S/c1-18-10-8-17(9-11-19-2)15(21)16-12-13-4-6-14(20-3)7-5-13/h4-7H,8-12H2,1-3H3,(H,16,21). The molecular weight excluding hydrogens is 288 g/mol. The summed E-state index contributed by atoms with van der Waals surface area (Å²) in [4.78, 5) is 2.05. The summed E-state index contributed by atoms with van der Waals surface area (Å²) in [5, 5.41) is 3.97. The molecule has 5 nitrogen and oxygen atoms in total. The zero-order valence-electron chi connectivity index (χ0n) is 12.9. The lowest BCUT2D eigenvalue weighted by molar-refractivity contribution is 0.146. The van der Waals surface area contributed by atoms with Crippen LogP contribution < -0.4 is 10.1 Å². The van der Waals surface area contributed by atoms with E-state index in [1.54, 1.807) is 21.3 Å². The minimum atomic E-state index is 0.633. The van der Waals surface area contributed by atoms with E-state index in [0.717, 1.165) is 24.4 Å². The van der Waals surface area contributed by atoms with Crippen LogP contribution in [0, 0.1) is 0 Å². The quantitative estimate of drug-likeness (QED) is 0.700. The molecule has 0 spiro atoms. The van der Waals surface area contributed by atoms with Gasteiger partial charge in [-0.25, -0.2) is 0 Å². The van der Waals surface area contributed by atoms with E-state index in [2.05, 4.69) is 5.32 Å². The molecule has 0 aliphatic carbocycles. The van der Waals surface area contributed by atoms with Crippen LogP contribution in [0.2, 0.25) is 0 Å². The largest absolute Gasteiger partial charge is 0.497 e. The molecule has 0 atom stereocenters. The summed E-state index contributed by atoms with van der Waals surface area (Å²) in [5.74, 6) is 0.850. The third kappa shape index (κ3) is 6.75. The van der Waals surface area contributed by atoms with Crippen LogP contribution in [0.15, 0.2) is 24.3 Å². The van der Waals surface area contributed by atoms with Crippen LogP contribution in [-0.2, 0) is 16.0 Å². The van der Waals surface area contributed by atoms with E-state index < -0.39 is 0 Å². The van der Waals surface area contributed by atoms with Gasteiger partial charge in [0.1, 0.15) is 5.75 Å². The summed E-state index contributed by atoms with van der Waals surface area (Å²) in [6.45, 7) is 3.43. The Labute approximate surface area is 132 Å². The molecule has 0 heterocycles. The van der Waals surface area contributed by atoms with E-state index in [-0.39, 0.29) is 0 Å².